The third-order valence-corrected chi connectivity index (χ3v) is 6.74. The number of halogens is 3. The van der Waals surface area contributed by atoms with Gasteiger partial charge in [-0.3, -0.25) is 14.3 Å². The van der Waals surface area contributed by atoms with Gasteiger partial charge in [0.15, 0.2) is 0 Å². The molecule has 2 aromatic heterocycles. The van der Waals surface area contributed by atoms with Crippen LogP contribution in [0.1, 0.15) is 16.2 Å². The van der Waals surface area contributed by atoms with Crippen LogP contribution in [0.5, 0.6) is 0 Å². The zero-order valence-electron chi connectivity index (χ0n) is 18.5. The number of pyridine rings is 1. The lowest BCUT2D eigenvalue weighted by molar-refractivity contribution is -0.141. The molecule has 1 N–H and O–H groups in total. The van der Waals surface area contributed by atoms with E-state index in [-0.39, 0.29) is 44.3 Å². The van der Waals surface area contributed by atoms with E-state index in [1.807, 2.05) is 0 Å². The van der Waals surface area contributed by atoms with Crippen molar-refractivity contribution >= 4 is 38.4 Å². The van der Waals surface area contributed by atoms with Crippen molar-refractivity contribution in [1.29, 1.82) is 0 Å². The number of amides is 2. The summed E-state index contributed by atoms with van der Waals surface area (Å²) in [6.07, 6.45) is -1.92. The molecule has 1 fully saturated rings. The van der Waals surface area contributed by atoms with Gasteiger partial charge in [-0.25, -0.2) is 13.4 Å². The van der Waals surface area contributed by atoms with Crippen LogP contribution >= 0.6 is 0 Å². The highest BCUT2D eigenvalue weighted by Gasteiger charge is 2.33. The third-order valence-electron chi connectivity index (χ3n) is 5.44. The van der Waals surface area contributed by atoms with Crippen molar-refractivity contribution < 1.29 is 31.2 Å². The van der Waals surface area contributed by atoms with Gasteiger partial charge in [0, 0.05) is 43.4 Å². The highest BCUT2D eigenvalue weighted by atomic mass is 32.2. The van der Waals surface area contributed by atoms with Gasteiger partial charge < -0.3 is 10.2 Å². The van der Waals surface area contributed by atoms with Crippen molar-refractivity contribution in [3.8, 4) is 0 Å². The standard InChI is InChI=1S/C21H21F3N6O4S/c1-35(33,34)30-9-7-28(8-10-30)19(31)13-29-12-14-11-15(5-6-16(14)27-29)25-20(32)17-3-2-4-18(26-17)21(22,23)24/h2-6,11-12H,7-10,13H2,1H3,(H,25,32). The Balaban J connectivity index is 1.41. The van der Waals surface area contributed by atoms with E-state index in [0.29, 0.717) is 16.6 Å². The maximum Gasteiger partial charge on any atom is 0.433 e. The highest BCUT2D eigenvalue weighted by Crippen LogP contribution is 2.27. The van der Waals surface area contributed by atoms with Gasteiger partial charge in [0.2, 0.25) is 15.9 Å². The molecule has 1 aromatic carbocycles. The number of sulfonamides is 1. The van der Waals surface area contributed by atoms with Crippen LogP contribution < -0.4 is 5.32 Å². The lowest BCUT2D eigenvalue weighted by atomic mass is 10.2. The SMILES string of the molecule is CS(=O)(=O)N1CCN(C(=O)Cn2cc3cc(NC(=O)c4cccc(C(F)(F)F)n4)ccc3n2)CC1. The minimum Gasteiger partial charge on any atom is -0.338 e. The molecular formula is C21H21F3N6O4S. The minimum absolute atomic E-state index is 0.0522. The summed E-state index contributed by atoms with van der Waals surface area (Å²) in [5, 5.41) is 7.45. The van der Waals surface area contributed by atoms with E-state index >= 15 is 0 Å². The van der Waals surface area contributed by atoms with E-state index < -0.39 is 27.8 Å². The zero-order valence-corrected chi connectivity index (χ0v) is 19.3. The summed E-state index contributed by atoms with van der Waals surface area (Å²) in [4.78, 5) is 29.9. The van der Waals surface area contributed by atoms with E-state index in [9.17, 15) is 31.2 Å². The Morgan fingerprint density at radius 2 is 1.80 bits per heavy atom. The number of hydrogen-bond acceptors (Lipinski definition) is 6. The Morgan fingerprint density at radius 3 is 2.46 bits per heavy atom. The highest BCUT2D eigenvalue weighted by molar-refractivity contribution is 7.88. The number of carbonyl (C=O) groups excluding carboxylic acids is 2. The molecule has 14 heteroatoms. The van der Waals surface area contributed by atoms with E-state index in [2.05, 4.69) is 15.4 Å². The second-order valence-electron chi connectivity index (χ2n) is 8.00. The molecule has 0 atom stereocenters. The number of fused-ring (bicyclic) bond motifs is 1. The van der Waals surface area contributed by atoms with Crippen LogP contribution in [0, 0.1) is 0 Å². The first kappa shape index (κ1) is 24.6. The molecule has 0 spiro atoms. The number of anilines is 1. The molecule has 186 valence electrons. The lowest BCUT2D eigenvalue weighted by Crippen LogP contribution is -2.51. The molecule has 1 aliphatic heterocycles. The largest absolute Gasteiger partial charge is 0.433 e. The molecule has 35 heavy (non-hydrogen) atoms. The molecule has 10 nitrogen and oxygen atoms in total. The second kappa shape index (κ2) is 9.26. The van der Waals surface area contributed by atoms with Crippen LogP contribution in [-0.4, -0.2) is 76.6 Å². The van der Waals surface area contributed by atoms with E-state index in [1.54, 1.807) is 23.2 Å². The van der Waals surface area contributed by atoms with E-state index in [4.69, 9.17) is 0 Å². The van der Waals surface area contributed by atoms with Crippen molar-refractivity contribution in [3.63, 3.8) is 0 Å². The molecule has 3 aromatic rings. The number of alkyl halides is 3. The monoisotopic (exact) mass is 510 g/mol. The average Bonchev–Trinajstić information content (AvgIpc) is 3.19. The molecule has 1 saturated heterocycles. The Labute approximate surface area is 198 Å². The summed E-state index contributed by atoms with van der Waals surface area (Å²) in [6.45, 7) is 0.979. The van der Waals surface area contributed by atoms with Crippen LogP contribution in [-0.2, 0) is 27.5 Å². The molecular weight excluding hydrogens is 489 g/mol. The number of hydrogen-bond donors (Lipinski definition) is 1. The van der Waals surface area contributed by atoms with Crippen molar-refractivity contribution in [1.82, 2.24) is 24.0 Å². The van der Waals surface area contributed by atoms with Crippen LogP contribution in [0.15, 0.2) is 42.6 Å². The summed E-state index contributed by atoms with van der Waals surface area (Å²) < 4.78 is 64.6. The van der Waals surface area contributed by atoms with Gasteiger partial charge in [-0.2, -0.15) is 22.6 Å². The second-order valence-corrected chi connectivity index (χ2v) is 9.99. The number of nitrogens with one attached hydrogen (secondary N) is 1. The fraction of sp³-hybridized carbons (Fsp3) is 0.333. The predicted octanol–water partition coefficient (Wildman–Crippen LogP) is 1.81. The maximum absolute atomic E-state index is 12.9. The first-order valence-corrected chi connectivity index (χ1v) is 12.3. The lowest BCUT2D eigenvalue weighted by Gasteiger charge is -2.33. The molecule has 0 bridgehead atoms. The normalized spacial score (nSPS) is 15.4. The summed E-state index contributed by atoms with van der Waals surface area (Å²) in [5.41, 5.74) is -0.666. The molecule has 0 aliphatic carbocycles. The quantitative estimate of drug-likeness (QED) is 0.560. The smallest absolute Gasteiger partial charge is 0.338 e. The molecule has 2 amide bonds. The number of benzene rings is 1. The van der Waals surface area contributed by atoms with E-state index in [1.165, 1.54) is 21.1 Å². The van der Waals surface area contributed by atoms with Crippen LogP contribution in [0.25, 0.3) is 10.9 Å². The summed E-state index contributed by atoms with van der Waals surface area (Å²) >= 11 is 0. The summed E-state index contributed by atoms with van der Waals surface area (Å²) in [6, 6.07) is 7.80. The van der Waals surface area contributed by atoms with Gasteiger partial charge >= 0.3 is 6.18 Å². The fourth-order valence-corrected chi connectivity index (χ4v) is 4.48. The van der Waals surface area contributed by atoms with Gasteiger partial charge in [-0.05, 0) is 30.3 Å². The predicted molar refractivity (Wildman–Crippen MR) is 120 cm³/mol. The number of piperazine rings is 1. The van der Waals surface area contributed by atoms with Gasteiger partial charge in [0.05, 0.1) is 11.8 Å². The average molecular weight is 510 g/mol. The molecule has 1 aliphatic rings. The van der Waals surface area contributed by atoms with Gasteiger partial charge in [0.1, 0.15) is 17.9 Å². The first-order valence-electron chi connectivity index (χ1n) is 10.5. The minimum atomic E-state index is -4.66. The number of aromatic nitrogens is 3. The van der Waals surface area contributed by atoms with Gasteiger partial charge in [-0.15, -0.1) is 0 Å². The topological polar surface area (TPSA) is 118 Å². The van der Waals surface area contributed by atoms with E-state index in [0.717, 1.165) is 18.4 Å². The van der Waals surface area contributed by atoms with Crippen molar-refractivity contribution in [2.75, 3.05) is 37.8 Å². The van der Waals surface area contributed by atoms with Crippen LogP contribution in [0.3, 0.4) is 0 Å². The Hall–Kier alpha value is -3.52. The maximum atomic E-state index is 12.9. The number of carbonyl (C=O) groups is 2. The summed E-state index contributed by atoms with van der Waals surface area (Å²) in [5.74, 6) is -1.01. The molecule has 0 saturated carbocycles. The Morgan fingerprint density at radius 1 is 1.09 bits per heavy atom. The molecule has 3 heterocycles. The fourth-order valence-electron chi connectivity index (χ4n) is 3.66. The van der Waals surface area contributed by atoms with Crippen molar-refractivity contribution in [2.24, 2.45) is 0 Å². The van der Waals surface area contributed by atoms with Gasteiger partial charge in [-0.1, -0.05) is 6.07 Å². The van der Waals surface area contributed by atoms with Crippen molar-refractivity contribution in [2.45, 2.75) is 12.7 Å². The first-order chi connectivity index (χ1) is 16.4. The Bertz CT molecular complexity index is 1380. The van der Waals surface area contributed by atoms with Gasteiger partial charge in [0.25, 0.3) is 5.91 Å². The third kappa shape index (κ3) is 5.77. The van der Waals surface area contributed by atoms with Crippen LogP contribution in [0.2, 0.25) is 0 Å². The van der Waals surface area contributed by atoms with Crippen LogP contribution in [0.4, 0.5) is 18.9 Å². The molecule has 4 rings (SSSR count). The zero-order chi connectivity index (χ0) is 25.4. The Kier molecular flexibility index (Phi) is 6.51. The summed E-state index contributed by atoms with van der Waals surface area (Å²) in [7, 11) is -3.30. The van der Waals surface area contributed by atoms with Crippen molar-refractivity contribution in [3.05, 3.63) is 54.0 Å². The number of nitrogens with zero attached hydrogens (tertiary/aromatic N) is 5. The number of rotatable bonds is 5. The molecule has 0 unspecified atom stereocenters. The molecule has 0 radical (unpaired) electrons.